The van der Waals surface area contributed by atoms with Crippen LogP contribution < -0.4 is 4.90 Å². The van der Waals surface area contributed by atoms with Crippen LogP contribution >= 0.6 is 0 Å². The summed E-state index contributed by atoms with van der Waals surface area (Å²) in [6, 6.07) is 9.40. The van der Waals surface area contributed by atoms with Gasteiger partial charge in [-0.3, -0.25) is 9.59 Å². The van der Waals surface area contributed by atoms with E-state index in [1.165, 1.54) is 18.2 Å². The van der Waals surface area contributed by atoms with Crippen molar-refractivity contribution >= 4 is 23.5 Å². The number of hydrogen-bond acceptors (Lipinski definition) is 3. The van der Waals surface area contributed by atoms with Crippen LogP contribution in [0.15, 0.2) is 42.5 Å². The molecule has 104 valence electrons. The molecule has 0 atom stereocenters. The average Bonchev–Trinajstić information content (AvgIpc) is 2.71. The van der Waals surface area contributed by atoms with Crippen LogP contribution in [0.3, 0.4) is 0 Å². The molecule has 2 aromatic rings. The zero-order valence-electron chi connectivity index (χ0n) is 10.5. The number of halogens is 1. The van der Waals surface area contributed by atoms with Crippen molar-refractivity contribution in [2.24, 2.45) is 0 Å². The minimum Gasteiger partial charge on any atom is -0.478 e. The van der Waals surface area contributed by atoms with Gasteiger partial charge in [0.15, 0.2) is 0 Å². The maximum absolute atomic E-state index is 13.7. The van der Waals surface area contributed by atoms with E-state index in [0.717, 1.165) is 17.0 Å². The van der Waals surface area contributed by atoms with Crippen LogP contribution in [0.2, 0.25) is 0 Å². The van der Waals surface area contributed by atoms with Gasteiger partial charge < -0.3 is 5.11 Å². The zero-order chi connectivity index (χ0) is 15.1. The number of fused-ring (bicyclic) bond motifs is 1. The number of amides is 2. The third-order valence-corrected chi connectivity index (χ3v) is 3.24. The van der Waals surface area contributed by atoms with Crippen molar-refractivity contribution < 1.29 is 23.9 Å². The van der Waals surface area contributed by atoms with E-state index in [1.807, 2.05) is 0 Å². The Balaban J connectivity index is 2.07. The van der Waals surface area contributed by atoms with Crippen LogP contribution in [0.5, 0.6) is 0 Å². The highest BCUT2D eigenvalue weighted by Gasteiger charge is 2.36. The van der Waals surface area contributed by atoms with Gasteiger partial charge in [-0.2, -0.15) is 0 Å². The highest BCUT2D eigenvalue weighted by Crippen LogP contribution is 2.29. The molecule has 1 N–H and O–H groups in total. The van der Waals surface area contributed by atoms with Gasteiger partial charge in [-0.05, 0) is 30.3 Å². The van der Waals surface area contributed by atoms with Gasteiger partial charge in [0.2, 0.25) is 0 Å². The first-order valence-electron chi connectivity index (χ1n) is 6.01. The van der Waals surface area contributed by atoms with Crippen molar-refractivity contribution in [1.82, 2.24) is 0 Å². The van der Waals surface area contributed by atoms with Gasteiger partial charge in [0, 0.05) is 0 Å². The minimum atomic E-state index is -1.42. The van der Waals surface area contributed by atoms with Crippen molar-refractivity contribution in [3.8, 4) is 0 Å². The fraction of sp³-hybridized carbons (Fsp3) is 0. The summed E-state index contributed by atoms with van der Waals surface area (Å²) in [7, 11) is 0. The number of nitrogens with zero attached hydrogens (tertiary/aromatic N) is 1. The summed E-state index contributed by atoms with van der Waals surface area (Å²) in [6.45, 7) is 0. The first-order valence-corrected chi connectivity index (χ1v) is 6.01. The molecule has 0 saturated heterocycles. The Hall–Kier alpha value is -3.02. The molecule has 2 amide bonds. The maximum Gasteiger partial charge on any atom is 0.338 e. The topological polar surface area (TPSA) is 74.7 Å². The van der Waals surface area contributed by atoms with Crippen LogP contribution in [0, 0.1) is 5.82 Å². The Labute approximate surface area is 118 Å². The number of carboxylic acids is 1. The number of benzene rings is 2. The summed E-state index contributed by atoms with van der Waals surface area (Å²) in [5.74, 6) is -3.53. The van der Waals surface area contributed by atoms with E-state index in [9.17, 15) is 18.8 Å². The molecule has 2 aromatic carbocycles. The summed E-state index contributed by atoms with van der Waals surface area (Å²) >= 11 is 0. The number of imide groups is 1. The van der Waals surface area contributed by atoms with Crippen LogP contribution in [0.25, 0.3) is 0 Å². The highest BCUT2D eigenvalue weighted by atomic mass is 19.1. The molecule has 1 heterocycles. The van der Waals surface area contributed by atoms with Gasteiger partial charge in [-0.1, -0.05) is 12.1 Å². The van der Waals surface area contributed by atoms with Crippen molar-refractivity contribution in [2.75, 3.05) is 4.90 Å². The molecule has 6 heteroatoms. The van der Waals surface area contributed by atoms with Crippen LogP contribution in [0.1, 0.15) is 31.1 Å². The lowest BCUT2D eigenvalue weighted by Crippen LogP contribution is -2.29. The second kappa shape index (κ2) is 4.52. The number of carbonyl (C=O) groups is 3. The number of hydrogen-bond donors (Lipinski definition) is 1. The monoisotopic (exact) mass is 285 g/mol. The molecule has 0 fully saturated rings. The fourth-order valence-electron chi connectivity index (χ4n) is 2.24. The lowest BCUT2D eigenvalue weighted by Gasteiger charge is -2.14. The van der Waals surface area contributed by atoms with Crippen LogP contribution in [-0.4, -0.2) is 22.9 Å². The average molecular weight is 285 g/mol. The zero-order valence-corrected chi connectivity index (χ0v) is 10.5. The molecule has 21 heavy (non-hydrogen) atoms. The summed E-state index contributed by atoms with van der Waals surface area (Å²) in [5, 5.41) is 8.78. The van der Waals surface area contributed by atoms with Crippen LogP contribution in [-0.2, 0) is 0 Å². The van der Waals surface area contributed by atoms with Gasteiger partial charge in [0.1, 0.15) is 5.82 Å². The maximum atomic E-state index is 13.7. The lowest BCUT2D eigenvalue weighted by molar-refractivity contribution is 0.0691. The van der Waals surface area contributed by atoms with Gasteiger partial charge in [0.05, 0.1) is 22.4 Å². The van der Waals surface area contributed by atoms with E-state index in [1.54, 1.807) is 12.1 Å². The molecule has 1 aliphatic heterocycles. The van der Waals surface area contributed by atoms with Crippen molar-refractivity contribution in [1.29, 1.82) is 0 Å². The minimum absolute atomic E-state index is 0.00343. The predicted octanol–water partition coefficient (Wildman–Crippen LogP) is 2.32. The Kier molecular flexibility index (Phi) is 2.79. The van der Waals surface area contributed by atoms with Crippen molar-refractivity contribution in [2.45, 2.75) is 0 Å². The largest absolute Gasteiger partial charge is 0.478 e. The molecule has 3 rings (SSSR count). The van der Waals surface area contributed by atoms with Gasteiger partial charge in [-0.15, -0.1) is 0 Å². The Morgan fingerprint density at radius 3 is 2.05 bits per heavy atom. The molecule has 0 bridgehead atoms. The Morgan fingerprint density at radius 2 is 1.57 bits per heavy atom. The number of aromatic carboxylic acids is 1. The smallest absolute Gasteiger partial charge is 0.338 e. The standard InChI is InChI=1S/C15H8FNO4/c16-12-7-8(5-6-11(12)15(20)21)17-13(18)9-3-1-2-4-10(9)14(17)19/h1-7H,(H,20,21). The predicted molar refractivity (Wildman–Crippen MR) is 70.9 cm³/mol. The quantitative estimate of drug-likeness (QED) is 0.859. The molecule has 0 saturated carbocycles. The van der Waals surface area contributed by atoms with Crippen molar-refractivity contribution in [3.63, 3.8) is 0 Å². The molecule has 0 spiro atoms. The normalized spacial score (nSPS) is 13.5. The third-order valence-electron chi connectivity index (χ3n) is 3.24. The summed E-state index contributed by atoms with van der Waals surface area (Å²) in [4.78, 5) is 36.0. The molecular formula is C15H8FNO4. The van der Waals surface area contributed by atoms with Gasteiger partial charge in [0.25, 0.3) is 11.8 Å². The molecular weight excluding hydrogens is 277 g/mol. The first kappa shape index (κ1) is 13.0. The lowest BCUT2D eigenvalue weighted by atomic mass is 10.1. The van der Waals surface area contributed by atoms with Gasteiger partial charge >= 0.3 is 5.97 Å². The fourth-order valence-corrected chi connectivity index (χ4v) is 2.24. The second-order valence-electron chi connectivity index (χ2n) is 4.46. The van der Waals surface area contributed by atoms with Gasteiger partial charge in [-0.25, -0.2) is 14.1 Å². The number of carbonyl (C=O) groups excluding carboxylic acids is 2. The molecule has 0 aliphatic carbocycles. The molecule has 0 aromatic heterocycles. The van der Waals surface area contributed by atoms with Crippen molar-refractivity contribution in [3.05, 3.63) is 65.0 Å². The number of rotatable bonds is 2. The van der Waals surface area contributed by atoms with E-state index in [-0.39, 0.29) is 16.8 Å². The number of carboxylic acid groups (broad SMARTS) is 1. The van der Waals surface area contributed by atoms with E-state index in [2.05, 4.69) is 0 Å². The van der Waals surface area contributed by atoms with E-state index < -0.39 is 29.2 Å². The van der Waals surface area contributed by atoms with E-state index in [0.29, 0.717) is 0 Å². The Morgan fingerprint density at radius 1 is 1.00 bits per heavy atom. The second-order valence-corrected chi connectivity index (χ2v) is 4.46. The highest BCUT2D eigenvalue weighted by molar-refractivity contribution is 6.34. The molecule has 1 aliphatic rings. The summed E-state index contributed by atoms with van der Waals surface area (Å²) in [6.07, 6.45) is 0. The number of anilines is 1. The van der Waals surface area contributed by atoms with E-state index >= 15 is 0 Å². The molecule has 0 unspecified atom stereocenters. The Bertz CT molecular complexity index is 765. The summed E-state index contributed by atoms with van der Waals surface area (Å²) in [5.41, 5.74) is -0.0329. The van der Waals surface area contributed by atoms with Crippen LogP contribution in [0.4, 0.5) is 10.1 Å². The molecule has 0 radical (unpaired) electrons. The summed E-state index contributed by atoms with van der Waals surface area (Å²) < 4.78 is 13.7. The van der Waals surface area contributed by atoms with E-state index in [4.69, 9.17) is 5.11 Å². The third kappa shape index (κ3) is 1.88. The SMILES string of the molecule is O=C(O)c1ccc(N2C(=O)c3ccccc3C2=O)cc1F. The molecule has 5 nitrogen and oxygen atoms in total. The first-order chi connectivity index (χ1) is 10.0.